The monoisotopic (exact) mass is 1200 g/mol. The topological polar surface area (TPSA) is 431 Å². The number of aliphatic carboxylic acids is 1. The van der Waals surface area contributed by atoms with Gasteiger partial charge in [-0.25, -0.2) is 8.98 Å². The van der Waals surface area contributed by atoms with Crippen molar-refractivity contribution < 1.29 is 115 Å². The molecule has 0 spiro atoms. The van der Waals surface area contributed by atoms with E-state index in [1.54, 1.807) is 0 Å². The van der Waals surface area contributed by atoms with Gasteiger partial charge in [0.05, 0.1) is 89.3 Å². The number of methoxy groups -OCH3 is 1. The molecule has 30 nitrogen and oxygen atoms in total. The average molecular weight is 1200 g/mol. The van der Waals surface area contributed by atoms with Gasteiger partial charge in [-0.05, 0) is 44.4 Å². The Morgan fingerprint density at radius 2 is 1.59 bits per heavy atom. The third-order valence-electron chi connectivity index (χ3n) is 15.3. The van der Waals surface area contributed by atoms with Gasteiger partial charge in [-0.2, -0.15) is 8.42 Å². The minimum absolute atomic E-state index is 0.00701. The molecule has 4 aliphatic rings. The molecule has 2 saturated carbocycles. The molecular weight excluding hydrogens is 1110 g/mol. The molecular formula is C51H86N6O24S. The number of hydrogen-bond acceptors (Lipinski definition) is 24. The minimum atomic E-state index is -4.81. The van der Waals surface area contributed by atoms with E-state index < -0.39 is 145 Å². The Morgan fingerprint density at radius 1 is 0.866 bits per heavy atom. The first-order valence-corrected chi connectivity index (χ1v) is 29.3. The highest BCUT2D eigenvalue weighted by Gasteiger charge is 2.53. The lowest BCUT2D eigenvalue weighted by Gasteiger charge is -2.49. The van der Waals surface area contributed by atoms with Crippen molar-refractivity contribution in [2.24, 2.45) is 23.2 Å². The van der Waals surface area contributed by atoms with Crippen LogP contribution in [0.5, 0.6) is 0 Å². The standard InChI is InChI=1S/C51H86N6O24S/c1-5-32-21-33(35(61)12-9-14-52-39(62)13-16-74-18-19-75-17-15-53-47(67)34-23-57(56-55-34)25-51(26-59,27-73-4)28-76-82(70,71)72)22-36(45(32)81-50-44(66)43(65)41(63)29(2)77-50)79-49-40(54-30(3)60)46(42(64)38(24-58)80-49)78-37(48(68)69)20-31-10-7-6-8-11-31/h23,29,31-33,36-38,40-46,49-50,58-59,63-66H,5-22,24-28H2,1-4H3,(H,52,62)(H,53,67)(H,54,60)(H,68,69)(H,70,71,72)/t29?,32?,33?,36-,37+,38+,40?,41-,42+,43+,44?,45-,46?,49-,50+,51?/m1/s1. The molecule has 0 radical (unpaired) electrons. The zero-order valence-corrected chi connectivity index (χ0v) is 47.8. The lowest BCUT2D eigenvalue weighted by atomic mass is 9.74. The first kappa shape index (κ1) is 68.8. The van der Waals surface area contributed by atoms with Crippen LogP contribution in [0.2, 0.25) is 0 Å². The van der Waals surface area contributed by atoms with Crippen LogP contribution in [0.4, 0.5) is 0 Å². The van der Waals surface area contributed by atoms with Gasteiger partial charge >= 0.3 is 16.4 Å². The number of carboxylic acids is 1. The number of nitrogens with one attached hydrogen (secondary N) is 3. The van der Waals surface area contributed by atoms with E-state index in [1.807, 2.05) is 6.92 Å². The molecule has 11 N–H and O–H groups in total. The van der Waals surface area contributed by atoms with Crippen LogP contribution < -0.4 is 16.0 Å². The van der Waals surface area contributed by atoms with Crippen LogP contribution in [0, 0.1) is 23.2 Å². The number of aliphatic hydroxyl groups is 6. The number of ether oxygens (including phenoxy) is 8. The van der Waals surface area contributed by atoms with E-state index in [4.69, 9.17) is 42.4 Å². The molecule has 0 aromatic carbocycles. The molecule has 4 fully saturated rings. The van der Waals surface area contributed by atoms with Crippen LogP contribution in [-0.2, 0) is 78.2 Å². The Hall–Kier alpha value is -4.00. The van der Waals surface area contributed by atoms with Crippen LogP contribution in [0.15, 0.2) is 6.20 Å². The Bertz CT molecular complexity index is 2260. The van der Waals surface area contributed by atoms with Gasteiger partial charge in [0.2, 0.25) is 11.8 Å². The van der Waals surface area contributed by atoms with Gasteiger partial charge in [-0.1, -0.05) is 50.7 Å². The van der Waals surface area contributed by atoms with Gasteiger partial charge < -0.3 is 89.6 Å². The van der Waals surface area contributed by atoms with Crippen molar-refractivity contribution in [1.29, 1.82) is 0 Å². The number of aromatic nitrogens is 3. The third kappa shape index (κ3) is 20.9. The Kier molecular flexibility index (Phi) is 28.2. The van der Waals surface area contributed by atoms with Gasteiger partial charge in [-0.15, -0.1) is 5.10 Å². The number of aliphatic hydroxyl groups excluding tert-OH is 6. The SMILES string of the molecule is CCC1CC(C(=O)CCCNC(=O)CCOCCOCCNC(=O)c2cn(CC(CO)(COC)COS(=O)(=O)O)nn2)C[C@@H](O[C@@H]2O[C@@H](CO)[C@H](O)C(O[C@@H](CC3CCCCC3)C(=O)O)C2NC(C)=O)[C@@H]1O[C@@H]1OC(C)[C@@H](O)[C@H](O)C1O. The normalized spacial score (nSPS) is 30.2. The second-order valence-corrected chi connectivity index (χ2v) is 22.7. The molecule has 1 aromatic rings. The molecule has 0 bridgehead atoms. The second kappa shape index (κ2) is 33.6. The van der Waals surface area contributed by atoms with Crippen molar-refractivity contribution in [3.05, 3.63) is 11.9 Å². The highest BCUT2D eigenvalue weighted by Crippen LogP contribution is 2.41. The molecule has 2 aliphatic carbocycles. The Morgan fingerprint density at radius 3 is 2.23 bits per heavy atom. The molecule has 1 aromatic heterocycles. The van der Waals surface area contributed by atoms with Crippen molar-refractivity contribution in [1.82, 2.24) is 30.9 Å². The van der Waals surface area contributed by atoms with E-state index in [-0.39, 0.29) is 114 Å². The van der Waals surface area contributed by atoms with Crippen molar-refractivity contribution >= 4 is 39.9 Å². The number of Topliss-reactive ketones (excluding diaryl/α,β-unsaturated/α-hetero) is 1. The van der Waals surface area contributed by atoms with Crippen molar-refractivity contribution in [2.45, 2.75) is 184 Å². The minimum Gasteiger partial charge on any atom is -0.479 e. The maximum Gasteiger partial charge on any atom is 0.397 e. The van der Waals surface area contributed by atoms with Crippen molar-refractivity contribution in [2.75, 3.05) is 73.1 Å². The molecule has 5 rings (SSSR count). The summed E-state index contributed by atoms with van der Waals surface area (Å²) in [4.78, 5) is 64.8. The van der Waals surface area contributed by atoms with Crippen LogP contribution >= 0.6 is 0 Å². The largest absolute Gasteiger partial charge is 0.479 e. The van der Waals surface area contributed by atoms with E-state index in [0.717, 1.165) is 32.1 Å². The first-order valence-electron chi connectivity index (χ1n) is 28.0. The maximum atomic E-state index is 14.1. The number of carboxylic acid groups (broad SMARTS) is 1. The average Bonchev–Trinajstić information content (AvgIpc) is 3.23. The van der Waals surface area contributed by atoms with Gasteiger partial charge in [0, 0.05) is 45.9 Å². The van der Waals surface area contributed by atoms with E-state index in [9.17, 15) is 68.1 Å². The smallest absolute Gasteiger partial charge is 0.397 e. The molecule has 2 aliphatic heterocycles. The van der Waals surface area contributed by atoms with E-state index >= 15 is 0 Å². The number of rotatable bonds is 35. The maximum absolute atomic E-state index is 14.1. The van der Waals surface area contributed by atoms with Gasteiger partial charge in [-0.3, -0.25) is 28.4 Å². The summed E-state index contributed by atoms with van der Waals surface area (Å²) in [5.41, 5.74) is -1.42. The van der Waals surface area contributed by atoms with Crippen LogP contribution in [0.1, 0.15) is 108 Å². The zero-order valence-electron chi connectivity index (χ0n) is 46.9. The lowest BCUT2D eigenvalue weighted by molar-refractivity contribution is -0.338. The third-order valence-corrected chi connectivity index (χ3v) is 15.7. The summed E-state index contributed by atoms with van der Waals surface area (Å²) in [5.74, 6) is -4.02. The summed E-state index contributed by atoms with van der Waals surface area (Å²) in [6.45, 7) is 2.90. The molecule has 7 unspecified atom stereocenters. The summed E-state index contributed by atoms with van der Waals surface area (Å²) < 4.78 is 84.1. The van der Waals surface area contributed by atoms with Crippen LogP contribution in [0.3, 0.4) is 0 Å². The molecule has 31 heteroatoms. The Labute approximate surface area is 476 Å². The fourth-order valence-corrected chi connectivity index (χ4v) is 11.2. The zero-order chi connectivity index (χ0) is 60.1. The van der Waals surface area contributed by atoms with Crippen LogP contribution in [0.25, 0.3) is 0 Å². The summed E-state index contributed by atoms with van der Waals surface area (Å²) in [6, 6.07) is -1.35. The predicted molar refractivity (Wildman–Crippen MR) is 280 cm³/mol. The van der Waals surface area contributed by atoms with E-state index in [1.165, 1.54) is 31.8 Å². The summed E-state index contributed by atoms with van der Waals surface area (Å²) >= 11 is 0. The number of ketones is 1. The van der Waals surface area contributed by atoms with Gasteiger partial charge in [0.25, 0.3) is 5.91 Å². The molecule has 16 atom stereocenters. The number of hydrogen-bond donors (Lipinski definition) is 11. The van der Waals surface area contributed by atoms with E-state index in [0.29, 0.717) is 6.42 Å². The quantitative estimate of drug-likeness (QED) is 0.0253. The number of carbonyl (C=O) groups is 5. The highest BCUT2D eigenvalue weighted by molar-refractivity contribution is 7.80. The number of amides is 3. The summed E-state index contributed by atoms with van der Waals surface area (Å²) in [5, 5.41) is 90.1. The van der Waals surface area contributed by atoms with Crippen molar-refractivity contribution in [3.63, 3.8) is 0 Å². The highest BCUT2D eigenvalue weighted by atomic mass is 32.3. The summed E-state index contributed by atoms with van der Waals surface area (Å²) in [6.07, 6.45) is -9.67. The van der Waals surface area contributed by atoms with Gasteiger partial charge in [0.1, 0.15) is 48.4 Å². The molecule has 82 heavy (non-hydrogen) atoms. The molecule has 3 heterocycles. The van der Waals surface area contributed by atoms with Gasteiger partial charge in [0.15, 0.2) is 24.4 Å². The lowest BCUT2D eigenvalue weighted by Crippen LogP contribution is -2.67. The first-order chi connectivity index (χ1) is 39.0. The fraction of sp³-hybridized carbons (Fsp3) is 0.863. The predicted octanol–water partition coefficient (Wildman–Crippen LogP) is -2.23. The fourth-order valence-electron chi connectivity index (χ4n) is 10.8. The second-order valence-electron chi connectivity index (χ2n) is 21.6. The van der Waals surface area contributed by atoms with Crippen molar-refractivity contribution in [3.8, 4) is 0 Å². The molecule has 470 valence electrons. The van der Waals surface area contributed by atoms with E-state index in [2.05, 4.69) is 30.4 Å². The van der Waals surface area contributed by atoms with Crippen LogP contribution in [-0.4, -0.2) is 246 Å². The molecule has 3 amide bonds. The number of carbonyl (C=O) groups excluding carboxylic acids is 4. The Balaban J connectivity index is 1.11. The molecule has 2 saturated heterocycles. The number of nitrogens with zero attached hydrogens (tertiary/aromatic N) is 3. The summed E-state index contributed by atoms with van der Waals surface area (Å²) in [7, 11) is -3.49.